The normalized spacial score (nSPS) is 44.6. The van der Waals surface area contributed by atoms with Crippen LogP contribution in [0.4, 0.5) is 0 Å². The first-order valence-corrected chi connectivity index (χ1v) is 13.6. The van der Waals surface area contributed by atoms with E-state index in [0.29, 0.717) is 23.9 Å². The molecular formula is C28H43N3O2. The summed E-state index contributed by atoms with van der Waals surface area (Å²) < 4.78 is 1.76. The van der Waals surface area contributed by atoms with Crippen molar-refractivity contribution >= 4 is 0 Å². The summed E-state index contributed by atoms with van der Waals surface area (Å²) in [5, 5.41) is 36.2. The van der Waals surface area contributed by atoms with Gasteiger partial charge in [-0.3, -0.25) is 4.68 Å². The zero-order chi connectivity index (χ0) is 23.4. The average Bonchev–Trinajstić information content (AvgIpc) is 3.24. The van der Waals surface area contributed by atoms with Crippen LogP contribution in [0.2, 0.25) is 0 Å². The van der Waals surface area contributed by atoms with Crippen molar-refractivity contribution in [3.8, 4) is 6.07 Å². The Morgan fingerprint density at radius 1 is 1.15 bits per heavy atom. The van der Waals surface area contributed by atoms with Crippen LogP contribution in [-0.4, -0.2) is 31.2 Å². The van der Waals surface area contributed by atoms with E-state index in [4.69, 9.17) is 5.26 Å². The quantitative estimate of drug-likeness (QED) is 0.648. The van der Waals surface area contributed by atoms with Crippen molar-refractivity contribution in [2.24, 2.45) is 40.9 Å². The number of hydrogen-bond donors (Lipinski definition) is 2. The molecule has 0 bridgehead atoms. The van der Waals surface area contributed by atoms with Crippen LogP contribution in [0.5, 0.6) is 0 Å². The second kappa shape index (κ2) is 8.38. The summed E-state index contributed by atoms with van der Waals surface area (Å²) in [6, 6.07) is 2.15. The molecule has 182 valence electrons. The molecule has 4 aliphatic rings. The van der Waals surface area contributed by atoms with Gasteiger partial charge in [0.1, 0.15) is 6.07 Å². The number of nitriles is 1. The molecule has 0 aliphatic heterocycles. The second-order valence-electron chi connectivity index (χ2n) is 12.7. The fourth-order valence-corrected chi connectivity index (χ4v) is 9.45. The average molecular weight is 454 g/mol. The molecule has 0 unspecified atom stereocenters. The topological polar surface area (TPSA) is 82.1 Å². The molecule has 5 rings (SSSR count). The molecule has 1 heterocycles. The van der Waals surface area contributed by atoms with Crippen molar-refractivity contribution in [3.05, 3.63) is 18.0 Å². The number of aliphatic hydroxyl groups is 2. The van der Waals surface area contributed by atoms with Gasteiger partial charge >= 0.3 is 0 Å². The van der Waals surface area contributed by atoms with Gasteiger partial charge in [0, 0.05) is 6.20 Å². The van der Waals surface area contributed by atoms with Crippen molar-refractivity contribution in [2.45, 2.75) is 109 Å². The van der Waals surface area contributed by atoms with E-state index in [1.54, 1.807) is 17.1 Å². The molecule has 0 aromatic carbocycles. The van der Waals surface area contributed by atoms with Gasteiger partial charge < -0.3 is 10.2 Å². The monoisotopic (exact) mass is 453 g/mol. The SMILES string of the molecule is CC[C@@]1(O)CC[C@H]2[C@@H](CC[C@@H]3[C@@H]2CC[C@@]2(C)[C@H]3CCC[C@@H]2[C@](C)(O)Cn2cc(C#N)cn2)C1. The predicted molar refractivity (Wildman–Crippen MR) is 128 cm³/mol. The first-order chi connectivity index (χ1) is 15.7. The summed E-state index contributed by atoms with van der Waals surface area (Å²) >= 11 is 0. The van der Waals surface area contributed by atoms with Crippen LogP contribution < -0.4 is 0 Å². The van der Waals surface area contributed by atoms with E-state index in [1.807, 2.05) is 6.92 Å². The summed E-state index contributed by atoms with van der Waals surface area (Å²) in [5.41, 5.74) is -0.527. The summed E-state index contributed by atoms with van der Waals surface area (Å²) in [6.07, 6.45) is 16.2. The Labute approximate surface area is 199 Å². The minimum atomic E-state index is -0.835. The van der Waals surface area contributed by atoms with Crippen LogP contribution in [0, 0.1) is 52.3 Å². The molecule has 33 heavy (non-hydrogen) atoms. The van der Waals surface area contributed by atoms with Crippen LogP contribution >= 0.6 is 0 Å². The lowest BCUT2D eigenvalue weighted by atomic mass is 9.43. The van der Waals surface area contributed by atoms with Crippen LogP contribution in [0.25, 0.3) is 0 Å². The number of nitrogens with zero attached hydrogens (tertiary/aromatic N) is 3. The van der Waals surface area contributed by atoms with Gasteiger partial charge in [0.05, 0.1) is 29.5 Å². The number of fused-ring (bicyclic) bond motifs is 5. The van der Waals surface area contributed by atoms with Crippen molar-refractivity contribution in [1.82, 2.24) is 9.78 Å². The van der Waals surface area contributed by atoms with E-state index in [1.165, 1.54) is 44.9 Å². The molecule has 0 amide bonds. The fraction of sp³-hybridized carbons (Fsp3) is 0.857. The van der Waals surface area contributed by atoms with E-state index >= 15 is 0 Å². The summed E-state index contributed by atoms with van der Waals surface area (Å²) in [6.45, 7) is 7.10. The first-order valence-electron chi connectivity index (χ1n) is 13.6. The molecule has 0 saturated heterocycles. The lowest BCUT2D eigenvalue weighted by Crippen LogP contribution is -2.58. The molecule has 5 nitrogen and oxygen atoms in total. The molecule has 4 aliphatic carbocycles. The third-order valence-corrected chi connectivity index (χ3v) is 11.0. The smallest absolute Gasteiger partial charge is 0.102 e. The predicted octanol–water partition coefficient (Wildman–Crippen LogP) is 5.31. The van der Waals surface area contributed by atoms with Crippen LogP contribution in [0.3, 0.4) is 0 Å². The Morgan fingerprint density at radius 3 is 2.67 bits per heavy atom. The van der Waals surface area contributed by atoms with Gasteiger partial charge in [-0.05, 0) is 112 Å². The zero-order valence-corrected chi connectivity index (χ0v) is 20.8. The molecule has 4 saturated carbocycles. The highest BCUT2D eigenvalue weighted by atomic mass is 16.3. The molecular weight excluding hydrogens is 410 g/mol. The van der Waals surface area contributed by atoms with Gasteiger partial charge in [-0.2, -0.15) is 10.4 Å². The number of aromatic nitrogens is 2. The Morgan fingerprint density at radius 2 is 1.94 bits per heavy atom. The van der Waals surface area contributed by atoms with Gasteiger partial charge in [-0.1, -0.05) is 20.3 Å². The Hall–Kier alpha value is -1.38. The molecule has 4 fully saturated rings. The van der Waals surface area contributed by atoms with Gasteiger partial charge in [0.15, 0.2) is 0 Å². The largest absolute Gasteiger partial charge is 0.390 e. The molecule has 2 N–H and O–H groups in total. The minimum Gasteiger partial charge on any atom is -0.390 e. The number of rotatable bonds is 4. The van der Waals surface area contributed by atoms with E-state index in [2.05, 4.69) is 25.0 Å². The second-order valence-corrected chi connectivity index (χ2v) is 12.7. The lowest BCUT2D eigenvalue weighted by molar-refractivity contribution is -0.171. The van der Waals surface area contributed by atoms with Gasteiger partial charge in [-0.25, -0.2) is 0 Å². The third kappa shape index (κ3) is 3.96. The third-order valence-electron chi connectivity index (χ3n) is 11.0. The molecule has 1 aromatic rings. The molecule has 1 aromatic heterocycles. The highest BCUT2D eigenvalue weighted by Crippen LogP contribution is 2.64. The number of hydrogen-bond acceptors (Lipinski definition) is 4. The molecule has 5 heteroatoms. The molecule has 0 radical (unpaired) electrons. The van der Waals surface area contributed by atoms with Gasteiger partial charge in [0.2, 0.25) is 0 Å². The van der Waals surface area contributed by atoms with Crippen LogP contribution in [0.15, 0.2) is 12.4 Å². The first kappa shape index (κ1) is 23.4. The van der Waals surface area contributed by atoms with E-state index < -0.39 is 11.2 Å². The van der Waals surface area contributed by atoms with E-state index in [-0.39, 0.29) is 11.3 Å². The van der Waals surface area contributed by atoms with Crippen molar-refractivity contribution in [1.29, 1.82) is 5.26 Å². The summed E-state index contributed by atoms with van der Waals surface area (Å²) in [7, 11) is 0. The summed E-state index contributed by atoms with van der Waals surface area (Å²) in [4.78, 5) is 0. The standard InChI is InChI=1S/C28H43N3O2/c1-4-28(33)13-11-21-20(14-28)8-9-23-22(21)10-12-26(2)24(23)6-5-7-25(26)27(3,32)18-31-17-19(15-29)16-30-31/h16-17,20-25,32-33H,4-14,18H2,1-3H3/t20-,21-,22+,23+,24-,25-,26-,27+,28+/m0/s1. The van der Waals surface area contributed by atoms with Crippen molar-refractivity contribution in [2.75, 3.05) is 0 Å². The lowest BCUT2D eigenvalue weighted by Gasteiger charge is -2.62. The van der Waals surface area contributed by atoms with Crippen LogP contribution in [-0.2, 0) is 6.54 Å². The zero-order valence-electron chi connectivity index (χ0n) is 20.8. The molecule has 9 atom stereocenters. The van der Waals surface area contributed by atoms with E-state index in [9.17, 15) is 10.2 Å². The van der Waals surface area contributed by atoms with Crippen molar-refractivity contribution in [3.63, 3.8) is 0 Å². The van der Waals surface area contributed by atoms with E-state index in [0.717, 1.165) is 43.4 Å². The van der Waals surface area contributed by atoms with Crippen LogP contribution in [0.1, 0.15) is 97.0 Å². The maximum Gasteiger partial charge on any atom is 0.102 e. The molecule has 0 spiro atoms. The van der Waals surface area contributed by atoms with Crippen molar-refractivity contribution < 1.29 is 10.2 Å². The Bertz CT molecular complexity index is 903. The summed E-state index contributed by atoms with van der Waals surface area (Å²) in [5.74, 6) is 4.07. The van der Waals surface area contributed by atoms with Gasteiger partial charge in [-0.15, -0.1) is 0 Å². The maximum atomic E-state index is 11.8. The Balaban J connectivity index is 1.35. The highest BCUT2D eigenvalue weighted by molar-refractivity contribution is 5.21. The Kier molecular flexibility index (Phi) is 5.93. The maximum absolute atomic E-state index is 11.8. The minimum absolute atomic E-state index is 0.166. The highest BCUT2D eigenvalue weighted by Gasteiger charge is 2.59. The fourth-order valence-electron chi connectivity index (χ4n) is 9.45. The van der Waals surface area contributed by atoms with Gasteiger partial charge in [0.25, 0.3) is 0 Å².